The Morgan fingerprint density at radius 3 is 2.22 bits per heavy atom. The molecule has 0 aliphatic carbocycles. The standard InChI is InChI=1S/C10H9ClN2.C8H9NO.C2H2ClN/c1-7-8-4-2-3-5-9(8)13-10(6-11)12-7;1-6(10)7-4-2-3-5-8(7)9;3-1-2-4/h2-5H,6H2,1H3;2-5H,9H2,1H3;1H2. The van der Waals surface area contributed by atoms with Crippen LogP contribution < -0.4 is 5.73 Å². The third-order valence-corrected chi connectivity index (χ3v) is 3.72. The molecule has 7 heteroatoms. The van der Waals surface area contributed by atoms with Gasteiger partial charge in [-0.05, 0) is 32.0 Å². The summed E-state index contributed by atoms with van der Waals surface area (Å²) in [6.45, 7) is 3.48. The number of carbonyl (C=O) groups is 1. The van der Waals surface area contributed by atoms with Gasteiger partial charge in [-0.3, -0.25) is 4.79 Å². The molecule has 1 aromatic heterocycles. The van der Waals surface area contributed by atoms with Crippen LogP contribution in [0.4, 0.5) is 5.69 Å². The zero-order valence-electron chi connectivity index (χ0n) is 15.1. The van der Waals surface area contributed by atoms with Crippen molar-refractivity contribution in [3.63, 3.8) is 0 Å². The normalized spacial score (nSPS) is 9.30. The number of alkyl halides is 2. The molecule has 0 saturated heterocycles. The molecule has 0 saturated carbocycles. The van der Waals surface area contributed by atoms with Crippen molar-refractivity contribution in [3.8, 4) is 6.07 Å². The lowest BCUT2D eigenvalue weighted by Gasteiger charge is -2.02. The van der Waals surface area contributed by atoms with Crippen LogP contribution in [0.2, 0.25) is 0 Å². The number of anilines is 1. The van der Waals surface area contributed by atoms with Crippen LogP contribution in [-0.2, 0) is 5.88 Å². The highest BCUT2D eigenvalue weighted by Crippen LogP contribution is 2.15. The molecule has 0 unspecified atom stereocenters. The fourth-order valence-electron chi connectivity index (χ4n) is 2.17. The molecule has 0 atom stereocenters. The Labute approximate surface area is 168 Å². The average molecular weight is 403 g/mol. The summed E-state index contributed by atoms with van der Waals surface area (Å²) >= 11 is 10.5. The fraction of sp³-hybridized carbons (Fsp3) is 0.200. The van der Waals surface area contributed by atoms with Crippen LogP contribution in [0, 0.1) is 18.3 Å². The lowest BCUT2D eigenvalue weighted by atomic mass is 10.1. The molecule has 2 aromatic carbocycles. The fourth-order valence-corrected chi connectivity index (χ4v) is 2.29. The minimum absolute atomic E-state index is 0.0121. The molecule has 0 bridgehead atoms. The van der Waals surface area contributed by atoms with Crippen LogP contribution in [0.1, 0.15) is 28.8 Å². The molecule has 140 valence electrons. The average Bonchev–Trinajstić information content (AvgIpc) is 2.68. The Kier molecular flexibility index (Phi) is 9.81. The number of fused-ring (bicyclic) bond motifs is 1. The minimum atomic E-state index is 0.0121. The lowest BCUT2D eigenvalue weighted by molar-refractivity contribution is 0.101. The first kappa shape index (κ1) is 22.4. The number of nitriles is 1. The molecular weight excluding hydrogens is 383 g/mol. The van der Waals surface area contributed by atoms with Gasteiger partial charge in [0.25, 0.3) is 0 Å². The largest absolute Gasteiger partial charge is 0.398 e. The predicted octanol–water partition coefficient (Wildman–Crippen LogP) is 4.90. The highest BCUT2D eigenvalue weighted by atomic mass is 35.5. The number of hydrogen-bond acceptors (Lipinski definition) is 5. The van der Waals surface area contributed by atoms with E-state index in [1.807, 2.05) is 37.3 Å². The number of rotatable bonds is 2. The van der Waals surface area contributed by atoms with Gasteiger partial charge in [-0.1, -0.05) is 30.3 Å². The highest BCUT2D eigenvalue weighted by molar-refractivity contribution is 6.19. The molecule has 3 rings (SSSR count). The van der Waals surface area contributed by atoms with Gasteiger partial charge in [0.1, 0.15) is 11.7 Å². The molecular formula is C20H20Cl2N4O. The van der Waals surface area contributed by atoms with E-state index in [0.29, 0.717) is 23.0 Å². The highest BCUT2D eigenvalue weighted by Gasteiger charge is 2.02. The van der Waals surface area contributed by atoms with E-state index >= 15 is 0 Å². The maximum atomic E-state index is 10.8. The van der Waals surface area contributed by atoms with Crippen LogP contribution in [0.3, 0.4) is 0 Å². The van der Waals surface area contributed by atoms with Crippen molar-refractivity contribution in [2.45, 2.75) is 19.7 Å². The number of para-hydroxylation sites is 2. The van der Waals surface area contributed by atoms with Crippen molar-refractivity contribution in [2.75, 3.05) is 11.6 Å². The van der Waals surface area contributed by atoms with Crippen LogP contribution in [0.15, 0.2) is 48.5 Å². The summed E-state index contributed by atoms with van der Waals surface area (Å²) in [6, 6.07) is 16.7. The summed E-state index contributed by atoms with van der Waals surface area (Å²) in [4.78, 5) is 19.4. The van der Waals surface area contributed by atoms with Gasteiger partial charge in [0.05, 0.1) is 17.5 Å². The summed E-state index contributed by atoms with van der Waals surface area (Å²) in [5.74, 6) is 1.17. The maximum absolute atomic E-state index is 10.8. The zero-order chi connectivity index (χ0) is 20.2. The predicted molar refractivity (Wildman–Crippen MR) is 111 cm³/mol. The third-order valence-electron chi connectivity index (χ3n) is 3.36. The van der Waals surface area contributed by atoms with E-state index in [1.165, 1.54) is 6.92 Å². The topological polar surface area (TPSA) is 92.7 Å². The van der Waals surface area contributed by atoms with Crippen LogP contribution in [0.5, 0.6) is 0 Å². The number of Topliss-reactive ketones (excluding diaryl/α,β-unsaturated/α-hetero) is 1. The van der Waals surface area contributed by atoms with Gasteiger partial charge < -0.3 is 5.73 Å². The lowest BCUT2D eigenvalue weighted by Crippen LogP contribution is -1.97. The van der Waals surface area contributed by atoms with E-state index < -0.39 is 0 Å². The molecule has 1 heterocycles. The number of halogens is 2. The maximum Gasteiger partial charge on any atom is 0.161 e. The van der Waals surface area contributed by atoms with Crippen molar-refractivity contribution >= 4 is 45.6 Å². The molecule has 0 aliphatic heterocycles. The summed E-state index contributed by atoms with van der Waals surface area (Å²) in [7, 11) is 0. The second-order valence-corrected chi connectivity index (χ2v) is 5.85. The summed E-state index contributed by atoms with van der Waals surface area (Å²) in [5, 5.41) is 8.59. The van der Waals surface area contributed by atoms with Gasteiger partial charge in [-0.15, -0.1) is 23.2 Å². The van der Waals surface area contributed by atoms with Crippen molar-refractivity contribution in [1.82, 2.24) is 9.97 Å². The molecule has 0 fully saturated rings. The quantitative estimate of drug-likeness (QED) is 0.373. The molecule has 27 heavy (non-hydrogen) atoms. The van der Waals surface area contributed by atoms with E-state index in [9.17, 15) is 4.79 Å². The van der Waals surface area contributed by atoms with Gasteiger partial charge >= 0.3 is 0 Å². The van der Waals surface area contributed by atoms with Crippen molar-refractivity contribution in [3.05, 3.63) is 65.6 Å². The number of hydrogen-bond donors (Lipinski definition) is 1. The SMILES string of the molecule is CC(=O)c1ccccc1N.Cc1nc(CCl)nc2ccccc12.N#CCCl. The second kappa shape index (κ2) is 11.8. The smallest absolute Gasteiger partial charge is 0.161 e. The summed E-state index contributed by atoms with van der Waals surface area (Å²) < 4.78 is 0. The number of aryl methyl sites for hydroxylation is 1. The Balaban J connectivity index is 0.000000232. The number of nitrogen functional groups attached to an aromatic ring is 1. The summed E-state index contributed by atoms with van der Waals surface area (Å²) in [5.41, 5.74) is 8.60. The molecule has 3 aromatic rings. The van der Waals surface area contributed by atoms with Gasteiger partial charge in [0.2, 0.25) is 0 Å². The number of carbonyl (C=O) groups excluding carboxylic acids is 1. The number of ketones is 1. The van der Waals surface area contributed by atoms with Crippen molar-refractivity contribution in [2.24, 2.45) is 0 Å². The first-order valence-electron chi connectivity index (χ1n) is 8.01. The van der Waals surface area contributed by atoms with Gasteiger partial charge in [0, 0.05) is 22.3 Å². The first-order chi connectivity index (χ1) is 12.9. The van der Waals surface area contributed by atoms with Crippen LogP contribution >= 0.6 is 23.2 Å². The number of aromatic nitrogens is 2. The van der Waals surface area contributed by atoms with Crippen molar-refractivity contribution in [1.29, 1.82) is 5.26 Å². The second-order valence-electron chi connectivity index (χ2n) is 5.31. The molecule has 0 aliphatic rings. The Hall–Kier alpha value is -2.68. The number of nitrogens with two attached hydrogens (primary N) is 1. The van der Waals surface area contributed by atoms with E-state index in [0.717, 1.165) is 16.6 Å². The number of nitrogens with zero attached hydrogens (tertiary/aromatic N) is 3. The third kappa shape index (κ3) is 7.22. The van der Waals surface area contributed by atoms with Crippen LogP contribution in [-0.4, -0.2) is 21.6 Å². The molecule has 0 radical (unpaired) electrons. The van der Waals surface area contributed by atoms with E-state index in [1.54, 1.807) is 24.3 Å². The summed E-state index contributed by atoms with van der Waals surface area (Å²) in [6.07, 6.45) is 0. The molecule has 2 N–H and O–H groups in total. The first-order valence-corrected chi connectivity index (χ1v) is 9.08. The van der Waals surface area contributed by atoms with Gasteiger partial charge in [0.15, 0.2) is 5.78 Å². The van der Waals surface area contributed by atoms with Gasteiger partial charge in [-0.2, -0.15) is 5.26 Å². The van der Waals surface area contributed by atoms with Crippen molar-refractivity contribution < 1.29 is 4.79 Å². The molecule has 0 spiro atoms. The Bertz CT molecular complexity index is 939. The Morgan fingerprint density at radius 2 is 1.70 bits per heavy atom. The zero-order valence-corrected chi connectivity index (χ0v) is 16.6. The van der Waals surface area contributed by atoms with E-state index in [4.69, 9.17) is 34.2 Å². The van der Waals surface area contributed by atoms with Crippen LogP contribution in [0.25, 0.3) is 10.9 Å². The molecule has 0 amide bonds. The Morgan fingerprint density at radius 1 is 1.11 bits per heavy atom. The minimum Gasteiger partial charge on any atom is -0.398 e. The molecule has 5 nitrogen and oxygen atoms in total. The van der Waals surface area contributed by atoms with Gasteiger partial charge in [-0.25, -0.2) is 9.97 Å². The number of benzene rings is 2. The van der Waals surface area contributed by atoms with E-state index in [2.05, 4.69) is 9.97 Å². The van der Waals surface area contributed by atoms with E-state index in [-0.39, 0.29) is 11.7 Å². The monoisotopic (exact) mass is 402 g/mol.